The van der Waals surface area contributed by atoms with Crippen LogP contribution in [0.25, 0.3) is 0 Å². The molecule has 2 aliphatic rings. The quantitative estimate of drug-likeness (QED) is 0.779. The van der Waals surface area contributed by atoms with Crippen LogP contribution in [0.5, 0.6) is 0 Å². The van der Waals surface area contributed by atoms with E-state index in [1.54, 1.807) is 18.2 Å². The van der Waals surface area contributed by atoms with Gasteiger partial charge in [0.15, 0.2) is 0 Å². The van der Waals surface area contributed by atoms with Gasteiger partial charge >= 0.3 is 6.09 Å². The lowest BCUT2D eigenvalue weighted by Gasteiger charge is -2.29. The number of cyclic esters (lactones) is 1. The molecule has 0 unspecified atom stereocenters. The van der Waals surface area contributed by atoms with Crippen LogP contribution in [0.2, 0.25) is 0 Å². The highest BCUT2D eigenvalue weighted by atomic mass is 32.2. The Labute approximate surface area is 177 Å². The fourth-order valence-electron chi connectivity index (χ4n) is 3.41. The van der Waals surface area contributed by atoms with Crippen molar-refractivity contribution < 1.29 is 18.7 Å². The molecule has 0 saturated carbocycles. The van der Waals surface area contributed by atoms with E-state index in [2.05, 4.69) is 5.32 Å². The van der Waals surface area contributed by atoms with Crippen LogP contribution in [0.1, 0.15) is 14.5 Å². The fourth-order valence-corrected chi connectivity index (χ4v) is 5.10. The summed E-state index contributed by atoms with van der Waals surface area (Å²) >= 11 is 3.28. The van der Waals surface area contributed by atoms with Gasteiger partial charge in [-0.2, -0.15) is 11.8 Å². The average molecular weight is 436 g/mol. The van der Waals surface area contributed by atoms with Gasteiger partial charge in [-0.3, -0.25) is 9.69 Å². The predicted molar refractivity (Wildman–Crippen MR) is 115 cm³/mol. The third kappa shape index (κ3) is 4.51. The first-order valence-electron chi connectivity index (χ1n) is 9.46. The Morgan fingerprint density at radius 3 is 2.76 bits per heavy atom. The molecule has 2 aromatic rings. The van der Waals surface area contributed by atoms with E-state index in [1.165, 1.54) is 22.3 Å². The number of nitrogens with one attached hydrogen (secondary N) is 1. The topological polar surface area (TPSA) is 61.9 Å². The highest BCUT2D eigenvalue weighted by Gasteiger charge is 2.33. The molecular weight excluding hydrogens is 413 g/mol. The van der Waals surface area contributed by atoms with Gasteiger partial charge in [0.05, 0.1) is 29.3 Å². The number of benzene rings is 1. The van der Waals surface area contributed by atoms with Gasteiger partial charge in [0.1, 0.15) is 11.9 Å². The number of thioether (sulfide) groups is 1. The van der Waals surface area contributed by atoms with Gasteiger partial charge in [0.25, 0.3) is 5.91 Å². The number of nitrogens with zero attached hydrogens (tertiary/aromatic N) is 2. The molecule has 1 atom stereocenters. The third-order valence-electron chi connectivity index (χ3n) is 4.92. The minimum Gasteiger partial charge on any atom is -0.442 e. The highest BCUT2D eigenvalue weighted by molar-refractivity contribution is 7.99. The normalized spacial score (nSPS) is 19.4. The molecule has 2 saturated heterocycles. The van der Waals surface area contributed by atoms with E-state index in [1.807, 2.05) is 29.7 Å². The zero-order chi connectivity index (χ0) is 20.4. The molecule has 9 heteroatoms. The Morgan fingerprint density at radius 1 is 1.28 bits per heavy atom. The summed E-state index contributed by atoms with van der Waals surface area (Å²) in [6.07, 6.45) is -1.01. The number of ether oxygens (including phenoxy) is 1. The lowest BCUT2D eigenvalue weighted by atomic mass is 10.2. The van der Waals surface area contributed by atoms with Crippen molar-refractivity contribution >= 4 is 46.5 Å². The maximum Gasteiger partial charge on any atom is 0.414 e. The summed E-state index contributed by atoms with van der Waals surface area (Å²) in [5.74, 6) is 1.44. The van der Waals surface area contributed by atoms with Crippen molar-refractivity contribution in [2.45, 2.75) is 13.0 Å². The second-order valence-corrected chi connectivity index (χ2v) is 9.48. The van der Waals surface area contributed by atoms with Crippen LogP contribution in [0.3, 0.4) is 0 Å². The molecule has 1 aromatic heterocycles. The predicted octanol–water partition coefficient (Wildman–Crippen LogP) is 3.50. The van der Waals surface area contributed by atoms with Crippen molar-refractivity contribution in [3.8, 4) is 0 Å². The number of thiophene rings is 1. The highest BCUT2D eigenvalue weighted by Crippen LogP contribution is 2.29. The zero-order valence-corrected chi connectivity index (χ0v) is 17.7. The standard InChI is InChI=1S/C20H22FN3O3S2/c1-13-2-5-18(29-13)19(25)22-11-15-12-24(20(26)27-15)14-3-4-17(16(21)10-14)23-6-8-28-9-7-23/h2-5,10,15H,6-9,11-12H2,1H3,(H,22,25)/t15-/m0/s1. The molecule has 0 bridgehead atoms. The maximum absolute atomic E-state index is 14.7. The molecule has 1 aromatic carbocycles. The van der Waals surface area contributed by atoms with Gasteiger partial charge in [0.2, 0.25) is 0 Å². The summed E-state index contributed by atoms with van der Waals surface area (Å²) in [7, 11) is 0. The number of carbonyl (C=O) groups excluding carboxylic acids is 2. The Bertz CT molecular complexity index is 914. The van der Waals surface area contributed by atoms with Crippen LogP contribution in [0, 0.1) is 12.7 Å². The minimum atomic E-state index is -0.530. The van der Waals surface area contributed by atoms with E-state index < -0.39 is 12.2 Å². The van der Waals surface area contributed by atoms with Crippen molar-refractivity contribution in [2.75, 3.05) is 47.5 Å². The molecule has 0 spiro atoms. The zero-order valence-electron chi connectivity index (χ0n) is 16.0. The first-order valence-corrected chi connectivity index (χ1v) is 11.4. The molecule has 6 nitrogen and oxygen atoms in total. The molecule has 4 rings (SSSR count). The van der Waals surface area contributed by atoms with Gasteiger partial charge in [-0.25, -0.2) is 9.18 Å². The van der Waals surface area contributed by atoms with Gasteiger partial charge in [-0.05, 0) is 37.3 Å². The number of carbonyl (C=O) groups is 2. The van der Waals surface area contributed by atoms with Crippen molar-refractivity contribution in [3.05, 3.63) is 45.9 Å². The number of halogens is 1. The molecule has 154 valence electrons. The first kappa shape index (κ1) is 20.0. The molecule has 2 amide bonds. The first-order chi connectivity index (χ1) is 14.0. The molecule has 3 heterocycles. The molecule has 2 fully saturated rings. The molecule has 29 heavy (non-hydrogen) atoms. The van der Waals surface area contributed by atoms with Crippen molar-refractivity contribution in [1.29, 1.82) is 0 Å². The van der Waals surface area contributed by atoms with E-state index in [9.17, 15) is 14.0 Å². The van der Waals surface area contributed by atoms with Gasteiger partial charge in [-0.15, -0.1) is 11.3 Å². The average Bonchev–Trinajstić information content (AvgIpc) is 3.32. The maximum atomic E-state index is 14.7. The summed E-state index contributed by atoms with van der Waals surface area (Å²) in [6.45, 7) is 4.05. The number of hydrogen-bond acceptors (Lipinski definition) is 6. The summed E-state index contributed by atoms with van der Waals surface area (Å²) in [6, 6.07) is 8.51. The van der Waals surface area contributed by atoms with Gasteiger partial charge in [-0.1, -0.05) is 0 Å². The summed E-state index contributed by atoms with van der Waals surface area (Å²) in [4.78, 5) is 29.5. The van der Waals surface area contributed by atoms with Gasteiger partial charge in [0, 0.05) is 29.5 Å². The number of anilines is 2. The Kier molecular flexibility index (Phi) is 5.96. The van der Waals surface area contributed by atoms with E-state index in [-0.39, 0.29) is 24.8 Å². The summed E-state index contributed by atoms with van der Waals surface area (Å²) < 4.78 is 20.0. The number of hydrogen-bond donors (Lipinski definition) is 1. The van der Waals surface area contributed by atoms with E-state index in [0.29, 0.717) is 16.3 Å². The van der Waals surface area contributed by atoms with Crippen LogP contribution < -0.4 is 15.1 Å². The minimum absolute atomic E-state index is 0.187. The summed E-state index contributed by atoms with van der Waals surface area (Å²) in [5, 5.41) is 2.80. The SMILES string of the molecule is Cc1ccc(C(=O)NC[C@H]2CN(c3ccc(N4CCSCC4)c(F)c3)C(=O)O2)s1. The van der Waals surface area contributed by atoms with Crippen molar-refractivity contribution in [1.82, 2.24) is 5.32 Å². The fraction of sp³-hybridized carbons (Fsp3) is 0.400. The molecule has 1 N–H and O–H groups in total. The largest absolute Gasteiger partial charge is 0.442 e. The van der Waals surface area contributed by atoms with Crippen LogP contribution in [0.4, 0.5) is 20.6 Å². The molecule has 2 aliphatic heterocycles. The van der Waals surface area contributed by atoms with Crippen LogP contribution >= 0.6 is 23.1 Å². The lowest BCUT2D eigenvalue weighted by Crippen LogP contribution is -2.34. The lowest BCUT2D eigenvalue weighted by molar-refractivity contribution is 0.0920. The number of rotatable bonds is 5. The number of amides is 2. The van der Waals surface area contributed by atoms with Crippen LogP contribution in [-0.4, -0.2) is 55.8 Å². The molecule has 0 radical (unpaired) electrons. The van der Waals surface area contributed by atoms with E-state index in [0.717, 1.165) is 29.5 Å². The number of aryl methyl sites for hydroxylation is 1. The Balaban J connectivity index is 1.37. The van der Waals surface area contributed by atoms with Crippen molar-refractivity contribution in [2.24, 2.45) is 0 Å². The second-order valence-electron chi connectivity index (χ2n) is 6.97. The second kappa shape index (κ2) is 8.62. The van der Waals surface area contributed by atoms with Crippen LogP contribution in [0.15, 0.2) is 30.3 Å². The van der Waals surface area contributed by atoms with Gasteiger partial charge < -0.3 is 15.0 Å². The molecular formula is C20H22FN3O3S2. The van der Waals surface area contributed by atoms with Crippen LogP contribution in [-0.2, 0) is 4.74 Å². The van der Waals surface area contributed by atoms with Crippen molar-refractivity contribution in [3.63, 3.8) is 0 Å². The summed E-state index contributed by atoms with van der Waals surface area (Å²) in [5.41, 5.74) is 1.03. The third-order valence-corrected chi connectivity index (χ3v) is 6.87. The molecule has 0 aliphatic carbocycles. The smallest absolute Gasteiger partial charge is 0.414 e. The Hall–Kier alpha value is -2.26. The Morgan fingerprint density at radius 2 is 2.07 bits per heavy atom. The van der Waals surface area contributed by atoms with E-state index >= 15 is 0 Å². The van der Waals surface area contributed by atoms with E-state index in [4.69, 9.17) is 4.74 Å². The monoisotopic (exact) mass is 435 g/mol.